The number of aromatic nitrogens is 1. The van der Waals surface area contributed by atoms with E-state index in [0.717, 1.165) is 10.6 Å². The number of fused-ring (bicyclic) bond motifs is 1. The Labute approximate surface area is 166 Å². The average Bonchev–Trinajstić information content (AvgIpc) is 3.01. The summed E-state index contributed by atoms with van der Waals surface area (Å²) in [5.41, 5.74) is 1.67. The highest BCUT2D eigenvalue weighted by Crippen LogP contribution is 2.39. The zero-order chi connectivity index (χ0) is 19.0. The lowest BCUT2D eigenvalue weighted by Crippen LogP contribution is -2.16. The summed E-state index contributed by atoms with van der Waals surface area (Å²) in [6, 6.07) is 12.6. The van der Waals surface area contributed by atoms with Gasteiger partial charge in [0.1, 0.15) is 18.2 Å². The van der Waals surface area contributed by atoms with Crippen molar-refractivity contribution in [2.45, 2.75) is 17.6 Å². The van der Waals surface area contributed by atoms with Crippen molar-refractivity contribution in [2.24, 2.45) is 0 Å². The molecule has 0 amide bonds. The molecular weight excluding hydrogens is 406 g/mol. The lowest BCUT2D eigenvalue weighted by atomic mass is 10.2. The van der Waals surface area contributed by atoms with E-state index < -0.39 is 9.84 Å². The number of sulfone groups is 1. The van der Waals surface area contributed by atoms with Crippen LogP contribution in [0.25, 0.3) is 10.6 Å². The van der Waals surface area contributed by atoms with Crippen LogP contribution < -0.4 is 9.47 Å². The highest BCUT2D eigenvalue weighted by Gasteiger charge is 2.25. The second kappa shape index (κ2) is 7.14. The van der Waals surface area contributed by atoms with Crippen LogP contribution in [0, 0.1) is 6.92 Å². The number of halogens is 1. The molecule has 2 aromatic carbocycles. The van der Waals surface area contributed by atoms with Crippen LogP contribution in [0.2, 0.25) is 5.02 Å². The van der Waals surface area contributed by atoms with Crippen LogP contribution in [0.3, 0.4) is 0 Å². The van der Waals surface area contributed by atoms with E-state index in [4.69, 9.17) is 21.1 Å². The largest absolute Gasteiger partial charge is 0.486 e. The van der Waals surface area contributed by atoms with E-state index in [1.54, 1.807) is 0 Å². The molecule has 0 spiro atoms. The minimum absolute atomic E-state index is 0.0440. The summed E-state index contributed by atoms with van der Waals surface area (Å²) in [6.07, 6.45) is 0. The Morgan fingerprint density at radius 1 is 1.11 bits per heavy atom. The molecule has 8 heteroatoms. The van der Waals surface area contributed by atoms with E-state index >= 15 is 0 Å². The molecule has 0 atom stereocenters. The van der Waals surface area contributed by atoms with Gasteiger partial charge < -0.3 is 9.47 Å². The third kappa shape index (κ3) is 3.67. The predicted molar refractivity (Wildman–Crippen MR) is 106 cm³/mol. The average molecular weight is 422 g/mol. The van der Waals surface area contributed by atoms with Crippen LogP contribution in [0.1, 0.15) is 10.6 Å². The number of rotatable bonds is 4. The molecule has 0 aliphatic carbocycles. The van der Waals surface area contributed by atoms with Crippen molar-refractivity contribution in [1.82, 2.24) is 4.98 Å². The fourth-order valence-electron chi connectivity index (χ4n) is 2.80. The molecule has 27 heavy (non-hydrogen) atoms. The normalized spacial score (nSPS) is 13.6. The molecule has 0 bridgehead atoms. The quantitative estimate of drug-likeness (QED) is 0.619. The summed E-state index contributed by atoms with van der Waals surface area (Å²) in [5, 5.41) is 0.927. The third-order valence-corrected chi connectivity index (χ3v) is 7.66. The fraction of sp³-hybridized carbons (Fsp3) is 0.211. The number of thiazole rings is 1. The lowest BCUT2D eigenvalue weighted by Gasteiger charge is -2.19. The monoisotopic (exact) mass is 421 g/mol. The third-order valence-electron chi connectivity index (χ3n) is 4.17. The Kier molecular flexibility index (Phi) is 4.84. The van der Waals surface area contributed by atoms with Crippen LogP contribution in [0.5, 0.6) is 11.5 Å². The predicted octanol–water partition coefficient (Wildman–Crippen LogP) is 4.52. The highest BCUT2D eigenvalue weighted by molar-refractivity contribution is 7.91. The van der Waals surface area contributed by atoms with Crippen molar-refractivity contribution in [3.63, 3.8) is 0 Å². The van der Waals surface area contributed by atoms with Gasteiger partial charge in [0.2, 0.25) is 0 Å². The SMILES string of the molecule is Cc1nc(-c2ccccc2)sc1CS(=O)(=O)c1cc2c(cc1Cl)OCCO2. The molecule has 1 aromatic heterocycles. The molecule has 4 rings (SSSR count). The molecule has 5 nitrogen and oxygen atoms in total. The number of benzene rings is 2. The van der Waals surface area contributed by atoms with E-state index in [9.17, 15) is 8.42 Å². The minimum atomic E-state index is -3.67. The Bertz CT molecular complexity index is 1090. The van der Waals surface area contributed by atoms with Crippen molar-refractivity contribution < 1.29 is 17.9 Å². The van der Waals surface area contributed by atoms with E-state index in [2.05, 4.69) is 4.98 Å². The number of aryl methyl sites for hydroxylation is 1. The minimum Gasteiger partial charge on any atom is -0.486 e. The molecule has 0 N–H and O–H groups in total. The fourth-order valence-corrected chi connectivity index (χ4v) is 6.22. The van der Waals surface area contributed by atoms with E-state index in [-0.39, 0.29) is 15.7 Å². The molecule has 2 heterocycles. The first-order valence-electron chi connectivity index (χ1n) is 8.28. The second-order valence-electron chi connectivity index (χ2n) is 6.08. The van der Waals surface area contributed by atoms with Crippen molar-refractivity contribution in [3.8, 4) is 22.1 Å². The molecule has 0 saturated carbocycles. The van der Waals surface area contributed by atoms with Gasteiger partial charge in [-0.25, -0.2) is 13.4 Å². The standard InChI is InChI=1S/C19H16ClNO4S2/c1-12-17(26-19(21-12)13-5-3-2-4-6-13)11-27(22,23)18-10-16-15(9-14(18)20)24-7-8-25-16/h2-6,9-10H,7-8,11H2,1H3. The van der Waals surface area contributed by atoms with Crippen molar-refractivity contribution in [3.05, 3.63) is 58.1 Å². The zero-order valence-electron chi connectivity index (χ0n) is 14.4. The van der Waals surface area contributed by atoms with E-state index in [1.807, 2.05) is 37.3 Å². The van der Waals surface area contributed by atoms with Crippen molar-refractivity contribution in [1.29, 1.82) is 0 Å². The Balaban J connectivity index is 1.67. The molecule has 1 aliphatic rings. The van der Waals surface area contributed by atoms with Crippen LogP contribution in [-0.2, 0) is 15.6 Å². The number of hydrogen-bond donors (Lipinski definition) is 0. The van der Waals surface area contributed by atoms with Crippen LogP contribution in [-0.4, -0.2) is 26.6 Å². The van der Waals surface area contributed by atoms with Crippen LogP contribution in [0.15, 0.2) is 47.4 Å². The van der Waals surface area contributed by atoms with Crippen molar-refractivity contribution >= 4 is 32.8 Å². The van der Waals surface area contributed by atoms with Gasteiger partial charge in [0.25, 0.3) is 0 Å². The maximum absolute atomic E-state index is 13.0. The molecule has 3 aromatic rings. The molecule has 0 fully saturated rings. The molecule has 0 unspecified atom stereocenters. The lowest BCUT2D eigenvalue weighted by molar-refractivity contribution is 0.171. The van der Waals surface area contributed by atoms with Gasteiger partial charge >= 0.3 is 0 Å². The number of nitrogens with zero attached hydrogens (tertiary/aromatic N) is 1. The van der Waals surface area contributed by atoms with E-state index in [1.165, 1.54) is 23.5 Å². The summed E-state index contributed by atoms with van der Waals surface area (Å²) in [5.74, 6) is 0.698. The van der Waals surface area contributed by atoms with Crippen molar-refractivity contribution in [2.75, 3.05) is 13.2 Å². The Morgan fingerprint density at radius 3 is 2.48 bits per heavy atom. The van der Waals surface area contributed by atoms with Crippen LogP contribution in [0.4, 0.5) is 0 Å². The first-order valence-corrected chi connectivity index (χ1v) is 11.1. The molecule has 1 aliphatic heterocycles. The number of hydrogen-bond acceptors (Lipinski definition) is 6. The molecule has 140 valence electrons. The summed E-state index contributed by atoms with van der Waals surface area (Å²) in [7, 11) is -3.67. The van der Waals surface area contributed by atoms with Gasteiger partial charge in [-0.1, -0.05) is 41.9 Å². The first kappa shape index (κ1) is 18.3. The summed E-state index contributed by atoms with van der Waals surface area (Å²) >= 11 is 7.61. The zero-order valence-corrected chi connectivity index (χ0v) is 16.8. The summed E-state index contributed by atoms with van der Waals surface area (Å²) in [4.78, 5) is 5.27. The molecule has 0 radical (unpaired) electrons. The molecule has 0 saturated heterocycles. The topological polar surface area (TPSA) is 65.5 Å². The summed E-state index contributed by atoms with van der Waals surface area (Å²) in [6.45, 7) is 2.61. The van der Waals surface area contributed by atoms with Gasteiger partial charge in [-0.3, -0.25) is 0 Å². The van der Waals surface area contributed by atoms with Gasteiger partial charge in [0.05, 0.1) is 21.4 Å². The Morgan fingerprint density at radius 2 is 1.78 bits per heavy atom. The first-order chi connectivity index (χ1) is 12.9. The van der Waals surface area contributed by atoms with Gasteiger partial charge in [-0.2, -0.15) is 0 Å². The Hall–Kier alpha value is -2.09. The number of ether oxygens (including phenoxy) is 2. The maximum atomic E-state index is 13.0. The molecular formula is C19H16ClNO4S2. The van der Waals surface area contributed by atoms with Gasteiger partial charge in [-0.05, 0) is 6.92 Å². The van der Waals surface area contributed by atoms with Gasteiger partial charge in [0, 0.05) is 22.6 Å². The summed E-state index contributed by atoms with van der Waals surface area (Å²) < 4.78 is 37.0. The van der Waals surface area contributed by atoms with Gasteiger partial charge in [-0.15, -0.1) is 11.3 Å². The van der Waals surface area contributed by atoms with Crippen LogP contribution >= 0.6 is 22.9 Å². The maximum Gasteiger partial charge on any atom is 0.185 e. The second-order valence-corrected chi connectivity index (χ2v) is 9.53. The van der Waals surface area contributed by atoms with Gasteiger partial charge in [0.15, 0.2) is 21.3 Å². The smallest absolute Gasteiger partial charge is 0.185 e. The highest BCUT2D eigenvalue weighted by atomic mass is 35.5. The van der Waals surface area contributed by atoms with E-state index in [0.29, 0.717) is 35.3 Å².